The highest BCUT2D eigenvalue weighted by Gasteiger charge is 2.14. The molecular weight excluding hydrogens is 246 g/mol. The first kappa shape index (κ1) is 12.7. The number of rotatable bonds is 3. The molecule has 20 heavy (non-hydrogen) atoms. The number of fused-ring (bicyclic) bond motifs is 1. The molecule has 1 aromatic heterocycles. The Bertz CT molecular complexity index is 783. The van der Waals surface area contributed by atoms with E-state index in [1.165, 1.54) is 10.9 Å². The number of Topliss-reactive ketones (excluding diaryl/α,β-unsaturated/α-hetero) is 1. The summed E-state index contributed by atoms with van der Waals surface area (Å²) < 4.78 is 0. The van der Waals surface area contributed by atoms with Crippen LogP contribution in [-0.4, -0.2) is 10.8 Å². The van der Waals surface area contributed by atoms with Crippen LogP contribution in [0.3, 0.4) is 0 Å². The molecule has 0 aliphatic rings. The average Bonchev–Trinajstić information content (AvgIpc) is 2.92. The summed E-state index contributed by atoms with van der Waals surface area (Å²) in [6, 6.07) is 14.1. The van der Waals surface area contributed by atoms with Gasteiger partial charge in [-0.1, -0.05) is 49.4 Å². The third-order valence-electron chi connectivity index (χ3n) is 3.76. The molecule has 3 aromatic rings. The van der Waals surface area contributed by atoms with Gasteiger partial charge in [0.25, 0.3) is 0 Å². The molecule has 0 amide bonds. The summed E-state index contributed by atoms with van der Waals surface area (Å²) in [5, 5.41) is 1.17. The number of carbonyl (C=O) groups excluding carboxylic acids is 1. The van der Waals surface area contributed by atoms with Crippen molar-refractivity contribution in [1.82, 2.24) is 4.98 Å². The smallest absolute Gasteiger partial charge is 0.163 e. The van der Waals surface area contributed by atoms with Gasteiger partial charge in [-0.3, -0.25) is 4.79 Å². The zero-order chi connectivity index (χ0) is 14.1. The molecule has 2 heteroatoms. The van der Waals surface area contributed by atoms with Crippen LogP contribution < -0.4 is 0 Å². The van der Waals surface area contributed by atoms with Gasteiger partial charge in [-0.05, 0) is 18.1 Å². The van der Waals surface area contributed by atoms with Crippen LogP contribution >= 0.6 is 0 Å². The second-order valence-corrected chi connectivity index (χ2v) is 5.02. The highest BCUT2D eigenvalue weighted by Crippen LogP contribution is 2.32. The second kappa shape index (κ2) is 4.97. The number of H-pyrrole nitrogens is 1. The van der Waals surface area contributed by atoms with E-state index in [9.17, 15) is 4.79 Å². The molecule has 2 nitrogen and oxygen atoms in total. The number of aryl methyl sites for hydroxylation is 1. The molecule has 0 atom stereocenters. The topological polar surface area (TPSA) is 32.9 Å². The number of aromatic nitrogens is 1. The normalized spacial score (nSPS) is 10.9. The lowest BCUT2D eigenvalue weighted by atomic mass is 9.95. The minimum atomic E-state index is 0.183. The highest BCUT2D eigenvalue weighted by molar-refractivity contribution is 6.06. The molecule has 0 aliphatic carbocycles. The largest absolute Gasteiger partial charge is 0.360 e. The molecule has 1 heterocycles. The van der Waals surface area contributed by atoms with Gasteiger partial charge in [-0.2, -0.15) is 0 Å². The maximum Gasteiger partial charge on any atom is 0.163 e. The molecule has 0 saturated heterocycles. The Morgan fingerprint density at radius 3 is 2.65 bits per heavy atom. The van der Waals surface area contributed by atoms with E-state index >= 15 is 0 Å². The third-order valence-corrected chi connectivity index (χ3v) is 3.76. The summed E-state index contributed by atoms with van der Waals surface area (Å²) in [4.78, 5) is 15.5. The van der Waals surface area contributed by atoms with Crippen molar-refractivity contribution in [2.24, 2.45) is 0 Å². The average molecular weight is 263 g/mol. The highest BCUT2D eigenvalue weighted by atomic mass is 16.1. The molecule has 1 N–H and O–H groups in total. The van der Waals surface area contributed by atoms with Gasteiger partial charge in [0.1, 0.15) is 0 Å². The Morgan fingerprint density at radius 1 is 1.05 bits per heavy atom. The van der Waals surface area contributed by atoms with E-state index in [-0.39, 0.29) is 5.78 Å². The van der Waals surface area contributed by atoms with Gasteiger partial charge in [0.2, 0.25) is 0 Å². The lowest BCUT2D eigenvalue weighted by Crippen LogP contribution is -1.98. The molecule has 0 spiro atoms. The first-order chi connectivity index (χ1) is 9.72. The minimum absolute atomic E-state index is 0.183. The summed E-state index contributed by atoms with van der Waals surface area (Å²) in [6.07, 6.45) is 2.53. The number of hydrogen-bond acceptors (Lipinski definition) is 1. The lowest BCUT2D eigenvalue weighted by molar-refractivity contribution is 0.0989. The quantitative estimate of drug-likeness (QED) is 0.680. The summed E-state index contributed by atoms with van der Waals surface area (Å²) in [6.45, 7) is 3.99. The Hall–Kier alpha value is -2.35. The van der Waals surface area contributed by atoms with E-state index < -0.39 is 0 Å². The molecule has 0 unspecified atom stereocenters. The number of hydrogen-bond donors (Lipinski definition) is 1. The number of carbonyl (C=O) groups is 1. The number of benzene rings is 2. The molecule has 0 bridgehead atoms. The van der Waals surface area contributed by atoms with E-state index in [0.29, 0.717) is 6.42 Å². The van der Waals surface area contributed by atoms with Crippen molar-refractivity contribution in [3.8, 4) is 11.1 Å². The van der Waals surface area contributed by atoms with Crippen molar-refractivity contribution >= 4 is 16.7 Å². The Balaban J connectivity index is 2.27. The van der Waals surface area contributed by atoms with Crippen molar-refractivity contribution in [1.29, 1.82) is 0 Å². The Labute approximate surface area is 118 Å². The maximum absolute atomic E-state index is 12.1. The summed E-state index contributed by atoms with van der Waals surface area (Å²) in [5.74, 6) is 0.183. The van der Waals surface area contributed by atoms with Crippen LogP contribution in [0.2, 0.25) is 0 Å². The number of para-hydroxylation sites is 1. The number of nitrogens with one attached hydrogen (secondary N) is 1. The fraction of sp³-hybridized carbons (Fsp3) is 0.167. The number of aromatic amines is 1. The third kappa shape index (κ3) is 1.94. The Kier molecular flexibility index (Phi) is 3.15. The molecule has 0 saturated carbocycles. The fourth-order valence-electron chi connectivity index (χ4n) is 2.68. The number of ketones is 1. The van der Waals surface area contributed by atoms with Crippen LogP contribution in [0.15, 0.2) is 48.7 Å². The SMILES string of the molecule is CCC(=O)c1ccccc1-c1c[nH]c2c(C)cccc12. The maximum atomic E-state index is 12.1. The molecule has 2 aromatic carbocycles. The molecule has 0 aliphatic heterocycles. The van der Waals surface area contributed by atoms with Gasteiger partial charge >= 0.3 is 0 Å². The van der Waals surface area contributed by atoms with Gasteiger partial charge < -0.3 is 4.98 Å². The zero-order valence-electron chi connectivity index (χ0n) is 11.7. The summed E-state index contributed by atoms with van der Waals surface area (Å²) in [5.41, 5.74) is 5.27. The zero-order valence-corrected chi connectivity index (χ0v) is 11.7. The van der Waals surface area contributed by atoms with Crippen LogP contribution in [0.1, 0.15) is 29.3 Å². The summed E-state index contributed by atoms with van der Waals surface area (Å²) >= 11 is 0. The molecule has 100 valence electrons. The first-order valence-corrected chi connectivity index (χ1v) is 6.91. The van der Waals surface area contributed by atoms with Gasteiger partial charge in [0, 0.05) is 34.6 Å². The van der Waals surface area contributed by atoms with E-state index in [4.69, 9.17) is 0 Å². The van der Waals surface area contributed by atoms with Crippen LogP contribution in [0, 0.1) is 6.92 Å². The Morgan fingerprint density at radius 2 is 1.85 bits per heavy atom. The van der Waals surface area contributed by atoms with E-state index in [1.807, 2.05) is 37.4 Å². The fourth-order valence-corrected chi connectivity index (χ4v) is 2.68. The van der Waals surface area contributed by atoms with Crippen molar-refractivity contribution in [3.63, 3.8) is 0 Å². The van der Waals surface area contributed by atoms with Crippen LogP contribution in [0.25, 0.3) is 22.0 Å². The minimum Gasteiger partial charge on any atom is -0.360 e. The monoisotopic (exact) mass is 263 g/mol. The molecule has 3 rings (SSSR count). The second-order valence-electron chi connectivity index (χ2n) is 5.02. The van der Waals surface area contributed by atoms with Crippen LogP contribution in [-0.2, 0) is 0 Å². The van der Waals surface area contributed by atoms with Crippen molar-refractivity contribution < 1.29 is 4.79 Å². The molecule has 0 fully saturated rings. The van der Waals surface area contributed by atoms with Gasteiger partial charge in [0.05, 0.1) is 0 Å². The van der Waals surface area contributed by atoms with Crippen LogP contribution in [0.4, 0.5) is 0 Å². The standard InChI is InChI=1S/C18H17NO/c1-3-17(20)14-9-5-4-8-13(14)16-11-19-18-12(2)7-6-10-15(16)18/h4-11,19H,3H2,1-2H3. The van der Waals surface area contributed by atoms with E-state index in [2.05, 4.69) is 30.1 Å². The lowest BCUT2D eigenvalue weighted by Gasteiger charge is -2.07. The molecular formula is C18H17NO. The molecule has 0 radical (unpaired) electrons. The summed E-state index contributed by atoms with van der Waals surface area (Å²) in [7, 11) is 0. The predicted octanol–water partition coefficient (Wildman–Crippen LogP) is 4.74. The van der Waals surface area contributed by atoms with Crippen molar-refractivity contribution in [2.75, 3.05) is 0 Å². The van der Waals surface area contributed by atoms with E-state index in [0.717, 1.165) is 22.2 Å². The van der Waals surface area contributed by atoms with Gasteiger partial charge in [0.15, 0.2) is 5.78 Å². The van der Waals surface area contributed by atoms with Gasteiger partial charge in [-0.25, -0.2) is 0 Å². The predicted molar refractivity (Wildman–Crippen MR) is 83.1 cm³/mol. The van der Waals surface area contributed by atoms with Gasteiger partial charge in [-0.15, -0.1) is 0 Å². The van der Waals surface area contributed by atoms with E-state index in [1.54, 1.807) is 0 Å². The first-order valence-electron chi connectivity index (χ1n) is 6.91. The van der Waals surface area contributed by atoms with Crippen molar-refractivity contribution in [3.05, 3.63) is 59.8 Å². The van der Waals surface area contributed by atoms with Crippen LogP contribution in [0.5, 0.6) is 0 Å². The van der Waals surface area contributed by atoms with Crippen molar-refractivity contribution in [2.45, 2.75) is 20.3 Å².